The van der Waals surface area contributed by atoms with E-state index >= 15 is 0 Å². The van der Waals surface area contributed by atoms with Crippen molar-refractivity contribution in [1.29, 1.82) is 0 Å². The van der Waals surface area contributed by atoms with Crippen molar-refractivity contribution in [3.63, 3.8) is 0 Å². The molecule has 0 radical (unpaired) electrons. The third-order valence-electron chi connectivity index (χ3n) is 2.76. The van der Waals surface area contributed by atoms with Crippen molar-refractivity contribution in [1.82, 2.24) is 0 Å². The molecule has 0 aliphatic carbocycles. The Bertz CT molecular complexity index is 485. The van der Waals surface area contributed by atoms with Crippen LogP contribution in [0.15, 0.2) is 59.5 Å². The summed E-state index contributed by atoms with van der Waals surface area (Å²) in [6.45, 7) is 2.14. The molecule has 2 nitrogen and oxygen atoms in total. The van der Waals surface area contributed by atoms with Crippen molar-refractivity contribution in [2.24, 2.45) is 0 Å². The molecule has 4 heteroatoms. The topological polar surface area (TPSA) is 40.5 Å². The summed E-state index contributed by atoms with van der Waals surface area (Å²) in [5.41, 5.74) is 1.70. The fraction of sp³-hybridized carbons (Fsp3) is 0.143. The zero-order chi connectivity index (χ0) is 13.0. The lowest BCUT2D eigenvalue weighted by molar-refractivity contribution is 0.426. The first-order valence-electron chi connectivity index (χ1n) is 5.84. The van der Waals surface area contributed by atoms with Crippen LogP contribution in [0.25, 0.3) is 0 Å². The van der Waals surface area contributed by atoms with Crippen molar-refractivity contribution in [3.05, 3.63) is 60.2 Å². The van der Waals surface area contributed by atoms with Gasteiger partial charge >= 0.3 is 7.12 Å². The standard InChI is InChI=1S/C14H15BO2S/c1-11(18-14-5-3-2-4-6-14)12-7-9-13(10-8-12)15(16)17/h2-11,16-17H,1H3. The molecule has 0 bridgehead atoms. The Morgan fingerprint density at radius 3 is 2.11 bits per heavy atom. The zero-order valence-corrected chi connectivity index (χ0v) is 11.0. The smallest absolute Gasteiger partial charge is 0.423 e. The highest BCUT2D eigenvalue weighted by atomic mass is 32.2. The van der Waals surface area contributed by atoms with Crippen LogP contribution in [0, 0.1) is 0 Å². The summed E-state index contributed by atoms with van der Waals surface area (Å²) in [5, 5.41) is 18.4. The molecule has 2 N–H and O–H groups in total. The Kier molecular flexibility index (Phi) is 4.47. The van der Waals surface area contributed by atoms with Crippen LogP contribution < -0.4 is 5.46 Å². The summed E-state index contributed by atoms with van der Waals surface area (Å²) >= 11 is 1.79. The molecule has 2 aromatic carbocycles. The molecular formula is C14H15BO2S. The summed E-state index contributed by atoms with van der Waals surface area (Å²) in [5.74, 6) is 0. The van der Waals surface area contributed by atoms with Gasteiger partial charge in [0.2, 0.25) is 0 Å². The molecule has 92 valence electrons. The van der Waals surface area contributed by atoms with Gasteiger partial charge in [-0.1, -0.05) is 42.5 Å². The highest BCUT2D eigenvalue weighted by molar-refractivity contribution is 7.99. The van der Waals surface area contributed by atoms with E-state index in [-0.39, 0.29) is 0 Å². The monoisotopic (exact) mass is 258 g/mol. The molecule has 1 atom stereocenters. The van der Waals surface area contributed by atoms with Gasteiger partial charge in [-0.25, -0.2) is 0 Å². The van der Waals surface area contributed by atoms with Gasteiger partial charge in [-0.15, -0.1) is 11.8 Å². The Balaban J connectivity index is 2.07. The lowest BCUT2D eigenvalue weighted by atomic mass is 9.80. The maximum atomic E-state index is 9.04. The summed E-state index contributed by atoms with van der Waals surface area (Å²) in [4.78, 5) is 1.23. The van der Waals surface area contributed by atoms with Gasteiger partial charge in [0, 0.05) is 10.1 Å². The highest BCUT2D eigenvalue weighted by Gasteiger charge is 2.12. The number of rotatable bonds is 4. The first-order valence-corrected chi connectivity index (χ1v) is 6.72. The van der Waals surface area contributed by atoms with Crippen LogP contribution in [0.5, 0.6) is 0 Å². The zero-order valence-electron chi connectivity index (χ0n) is 10.2. The second-order valence-corrected chi connectivity index (χ2v) is 5.53. The van der Waals surface area contributed by atoms with Gasteiger partial charge in [0.05, 0.1) is 0 Å². The van der Waals surface area contributed by atoms with E-state index in [0.29, 0.717) is 10.7 Å². The van der Waals surface area contributed by atoms with Crippen molar-refractivity contribution in [3.8, 4) is 0 Å². The predicted molar refractivity (Wildman–Crippen MR) is 77.0 cm³/mol. The van der Waals surface area contributed by atoms with Crippen LogP contribution in [-0.4, -0.2) is 17.2 Å². The second-order valence-electron chi connectivity index (χ2n) is 4.11. The fourth-order valence-corrected chi connectivity index (χ4v) is 2.73. The van der Waals surface area contributed by atoms with Gasteiger partial charge in [-0.3, -0.25) is 0 Å². The molecule has 0 spiro atoms. The van der Waals surface area contributed by atoms with Gasteiger partial charge < -0.3 is 10.0 Å². The molecular weight excluding hydrogens is 243 g/mol. The second kappa shape index (κ2) is 6.09. The van der Waals surface area contributed by atoms with Crippen LogP contribution in [-0.2, 0) is 0 Å². The first-order chi connectivity index (χ1) is 8.66. The maximum Gasteiger partial charge on any atom is 0.488 e. The van der Waals surface area contributed by atoms with E-state index in [2.05, 4.69) is 19.1 Å². The lowest BCUT2D eigenvalue weighted by Crippen LogP contribution is -2.29. The molecule has 0 amide bonds. The van der Waals surface area contributed by atoms with Crippen molar-refractivity contribution in [2.45, 2.75) is 17.1 Å². The Labute approximate surface area is 112 Å². The fourth-order valence-electron chi connectivity index (χ4n) is 1.71. The van der Waals surface area contributed by atoms with Gasteiger partial charge in [0.15, 0.2) is 0 Å². The summed E-state index contributed by atoms with van der Waals surface area (Å²) < 4.78 is 0. The molecule has 18 heavy (non-hydrogen) atoms. The van der Waals surface area contributed by atoms with Crippen molar-refractivity contribution < 1.29 is 10.0 Å². The van der Waals surface area contributed by atoms with Gasteiger partial charge in [0.25, 0.3) is 0 Å². The van der Waals surface area contributed by atoms with E-state index in [0.717, 1.165) is 0 Å². The molecule has 0 saturated heterocycles. The summed E-state index contributed by atoms with van der Waals surface area (Å²) in [6.07, 6.45) is 0. The molecule has 1 unspecified atom stereocenters. The van der Waals surface area contributed by atoms with Gasteiger partial charge in [0.1, 0.15) is 0 Å². The van der Waals surface area contributed by atoms with Crippen molar-refractivity contribution in [2.75, 3.05) is 0 Å². The lowest BCUT2D eigenvalue weighted by Gasteiger charge is -2.12. The van der Waals surface area contributed by atoms with E-state index in [1.807, 2.05) is 30.3 Å². The number of hydrogen-bond donors (Lipinski definition) is 2. The summed E-state index contributed by atoms with van der Waals surface area (Å²) in [6, 6.07) is 17.6. The molecule has 0 aromatic heterocycles. The van der Waals surface area contributed by atoms with E-state index in [9.17, 15) is 0 Å². The maximum absolute atomic E-state index is 9.04. The van der Waals surface area contributed by atoms with Crippen molar-refractivity contribution >= 4 is 24.3 Å². The number of benzene rings is 2. The third kappa shape index (κ3) is 3.39. The molecule has 0 saturated carbocycles. The largest absolute Gasteiger partial charge is 0.488 e. The highest BCUT2D eigenvalue weighted by Crippen LogP contribution is 2.33. The molecule has 2 rings (SSSR count). The average molecular weight is 258 g/mol. The average Bonchev–Trinajstić information content (AvgIpc) is 2.40. The SMILES string of the molecule is CC(Sc1ccccc1)c1ccc(B(O)O)cc1. The van der Waals surface area contributed by atoms with Crippen LogP contribution in [0.1, 0.15) is 17.7 Å². The molecule has 0 fully saturated rings. The van der Waals surface area contributed by atoms with Crippen LogP contribution in [0.4, 0.5) is 0 Å². The quantitative estimate of drug-likeness (QED) is 0.652. The van der Waals surface area contributed by atoms with E-state index in [1.165, 1.54) is 10.5 Å². The Hall–Kier alpha value is -1.23. The minimum absolute atomic E-state index is 0.331. The van der Waals surface area contributed by atoms with Gasteiger partial charge in [-0.2, -0.15) is 0 Å². The minimum Gasteiger partial charge on any atom is -0.423 e. The summed E-state index contributed by atoms with van der Waals surface area (Å²) in [7, 11) is -1.39. The van der Waals surface area contributed by atoms with Crippen LogP contribution in [0.3, 0.4) is 0 Å². The predicted octanol–water partition coefficient (Wildman–Crippen LogP) is 2.22. The van der Waals surface area contributed by atoms with E-state index in [1.54, 1.807) is 23.9 Å². The molecule has 0 heterocycles. The number of thioether (sulfide) groups is 1. The minimum atomic E-state index is -1.39. The Morgan fingerprint density at radius 2 is 1.56 bits per heavy atom. The molecule has 0 aliphatic heterocycles. The van der Waals surface area contributed by atoms with E-state index in [4.69, 9.17) is 10.0 Å². The van der Waals surface area contributed by atoms with Crippen LogP contribution >= 0.6 is 11.8 Å². The first kappa shape index (κ1) is 13.2. The third-order valence-corrected chi connectivity index (χ3v) is 3.93. The normalized spacial score (nSPS) is 12.2. The molecule has 2 aromatic rings. The Morgan fingerprint density at radius 1 is 0.944 bits per heavy atom. The van der Waals surface area contributed by atoms with Gasteiger partial charge in [-0.05, 0) is 30.1 Å². The van der Waals surface area contributed by atoms with E-state index < -0.39 is 7.12 Å². The molecule has 0 aliphatic rings. The number of hydrogen-bond acceptors (Lipinski definition) is 3. The van der Waals surface area contributed by atoms with Crippen LogP contribution in [0.2, 0.25) is 0 Å².